The number of rotatable bonds is 3. The number of fused-ring (bicyclic) bond motifs is 1. The fourth-order valence-corrected chi connectivity index (χ4v) is 4.09. The van der Waals surface area contributed by atoms with Crippen molar-refractivity contribution in [2.75, 3.05) is 4.90 Å². The molecular formula is C26H18N2O4. The van der Waals surface area contributed by atoms with Gasteiger partial charge in [-0.1, -0.05) is 54.6 Å². The number of aliphatic hydroxyl groups is 1. The van der Waals surface area contributed by atoms with Crippen LogP contribution >= 0.6 is 0 Å². The van der Waals surface area contributed by atoms with Gasteiger partial charge in [-0.15, -0.1) is 0 Å². The third-order valence-corrected chi connectivity index (χ3v) is 5.61. The molecule has 6 heteroatoms. The molecular weight excluding hydrogens is 404 g/mol. The number of amides is 1. The Morgan fingerprint density at radius 2 is 1.62 bits per heavy atom. The Labute approximate surface area is 183 Å². The number of aromatic nitrogens is 1. The molecule has 0 bridgehead atoms. The molecule has 1 aliphatic rings. The van der Waals surface area contributed by atoms with Crippen molar-refractivity contribution in [1.82, 2.24) is 4.98 Å². The number of carbonyl (C=O) groups excluding carboxylic acids is 2. The van der Waals surface area contributed by atoms with E-state index >= 15 is 0 Å². The zero-order valence-electron chi connectivity index (χ0n) is 16.8. The highest BCUT2D eigenvalue weighted by Crippen LogP contribution is 2.44. The molecule has 156 valence electrons. The van der Waals surface area contributed by atoms with E-state index in [1.54, 1.807) is 48.7 Å². The molecule has 3 aromatic carbocycles. The smallest absolute Gasteiger partial charge is 0.300 e. The molecule has 1 saturated heterocycles. The van der Waals surface area contributed by atoms with Crippen molar-refractivity contribution in [2.24, 2.45) is 0 Å². The quantitative estimate of drug-likeness (QED) is 0.287. The van der Waals surface area contributed by atoms with Crippen LogP contribution in [0.2, 0.25) is 0 Å². The number of benzene rings is 3. The average Bonchev–Trinajstić information content (AvgIpc) is 3.09. The van der Waals surface area contributed by atoms with Gasteiger partial charge in [-0.2, -0.15) is 0 Å². The van der Waals surface area contributed by atoms with E-state index < -0.39 is 17.7 Å². The van der Waals surface area contributed by atoms with Crippen LogP contribution in [-0.4, -0.2) is 26.9 Å². The number of phenolic OH excluding ortho intramolecular Hbond substituents is 1. The number of Topliss-reactive ketones (excluding diaryl/α,β-unsaturated/α-hetero) is 1. The molecule has 1 atom stereocenters. The van der Waals surface area contributed by atoms with Gasteiger partial charge >= 0.3 is 0 Å². The van der Waals surface area contributed by atoms with Crippen LogP contribution < -0.4 is 4.90 Å². The summed E-state index contributed by atoms with van der Waals surface area (Å²) in [5, 5.41) is 23.5. The Morgan fingerprint density at radius 3 is 2.38 bits per heavy atom. The molecule has 4 aromatic rings. The lowest BCUT2D eigenvalue weighted by molar-refractivity contribution is -0.132. The van der Waals surface area contributed by atoms with Gasteiger partial charge in [-0.25, -0.2) is 0 Å². The molecule has 6 nitrogen and oxygen atoms in total. The summed E-state index contributed by atoms with van der Waals surface area (Å²) in [6.45, 7) is 0. The number of phenols is 1. The highest BCUT2D eigenvalue weighted by atomic mass is 16.3. The van der Waals surface area contributed by atoms with Crippen molar-refractivity contribution in [3.63, 3.8) is 0 Å². The Morgan fingerprint density at radius 1 is 0.875 bits per heavy atom. The monoisotopic (exact) mass is 422 g/mol. The maximum atomic E-state index is 13.2. The molecule has 2 N–H and O–H groups in total. The first-order valence-corrected chi connectivity index (χ1v) is 10.0. The first-order valence-electron chi connectivity index (χ1n) is 10.0. The summed E-state index contributed by atoms with van der Waals surface area (Å²) < 4.78 is 0. The first-order chi connectivity index (χ1) is 15.6. The lowest BCUT2D eigenvalue weighted by Crippen LogP contribution is -2.29. The summed E-state index contributed by atoms with van der Waals surface area (Å²) in [5.74, 6) is -2.08. The number of aliphatic hydroxyl groups excluding tert-OH is 1. The third kappa shape index (κ3) is 3.09. The summed E-state index contributed by atoms with van der Waals surface area (Å²) >= 11 is 0. The number of nitrogens with zero attached hydrogens (tertiary/aromatic N) is 2. The maximum Gasteiger partial charge on any atom is 0.300 e. The Balaban J connectivity index is 1.74. The highest BCUT2D eigenvalue weighted by molar-refractivity contribution is 6.51. The van der Waals surface area contributed by atoms with Crippen LogP contribution in [0.5, 0.6) is 5.75 Å². The molecule has 0 spiro atoms. The van der Waals surface area contributed by atoms with Crippen molar-refractivity contribution < 1.29 is 19.8 Å². The number of aromatic hydroxyl groups is 1. The standard InChI is InChI=1S/C26H18N2O4/c29-21-10-4-3-9-20(21)28-23(19-8-5-13-27-15-19)22(25(31)26(28)32)24(30)18-12-11-16-6-1-2-7-17(16)14-18/h1-15,23,29-30H/b24-22-. The van der Waals surface area contributed by atoms with Crippen LogP contribution in [0.25, 0.3) is 16.5 Å². The topological polar surface area (TPSA) is 90.7 Å². The largest absolute Gasteiger partial charge is 0.507 e. The average molecular weight is 422 g/mol. The van der Waals surface area contributed by atoms with Crippen molar-refractivity contribution in [3.8, 4) is 5.75 Å². The van der Waals surface area contributed by atoms with Gasteiger partial charge in [0, 0.05) is 18.0 Å². The van der Waals surface area contributed by atoms with E-state index in [-0.39, 0.29) is 22.8 Å². The van der Waals surface area contributed by atoms with Crippen LogP contribution in [0.15, 0.2) is 96.8 Å². The molecule has 1 fully saturated rings. The van der Waals surface area contributed by atoms with Crippen molar-refractivity contribution >= 4 is 33.9 Å². The predicted octanol–water partition coefficient (Wildman–Crippen LogP) is 4.57. The van der Waals surface area contributed by atoms with Gasteiger partial charge in [0.15, 0.2) is 0 Å². The van der Waals surface area contributed by atoms with E-state index in [0.717, 1.165) is 10.8 Å². The number of hydrogen-bond donors (Lipinski definition) is 2. The van der Waals surface area contributed by atoms with Crippen molar-refractivity contribution in [2.45, 2.75) is 6.04 Å². The van der Waals surface area contributed by atoms with Gasteiger partial charge in [0.25, 0.3) is 11.7 Å². The van der Waals surface area contributed by atoms with E-state index in [1.807, 2.05) is 30.3 Å². The number of hydrogen-bond acceptors (Lipinski definition) is 5. The van der Waals surface area contributed by atoms with Crippen LogP contribution in [-0.2, 0) is 9.59 Å². The number of pyridine rings is 1. The molecule has 5 rings (SSSR count). The molecule has 1 amide bonds. The van der Waals surface area contributed by atoms with E-state index in [2.05, 4.69) is 4.98 Å². The van der Waals surface area contributed by atoms with E-state index in [0.29, 0.717) is 11.1 Å². The van der Waals surface area contributed by atoms with Crippen LogP contribution in [0.3, 0.4) is 0 Å². The highest BCUT2D eigenvalue weighted by Gasteiger charge is 2.47. The third-order valence-electron chi connectivity index (χ3n) is 5.61. The summed E-state index contributed by atoms with van der Waals surface area (Å²) in [7, 11) is 0. The van der Waals surface area contributed by atoms with Gasteiger partial charge < -0.3 is 10.2 Å². The second-order valence-corrected chi connectivity index (χ2v) is 7.51. The maximum absolute atomic E-state index is 13.2. The number of ketones is 1. The van der Waals surface area contributed by atoms with E-state index in [1.165, 1.54) is 17.2 Å². The summed E-state index contributed by atoms with van der Waals surface area (Å²) in [5.41, 5.74) is 1.09. The molecule has 1 aromatic heterocycles. The van der Waals surface area contributed by atoms with Crippen molar-refractivity contribution in [1.29, 1.82) is 0 Å². The summed E-state index contributed by atoms with van der Waals surface area (Å²) in [6.07, 6.45) is 3.12. The minimum Gasteiger partial charge on any atom is -0.507 e. The second kappa shape index (κ2) is 7.67. The number of anilines is 1. The molecule has 0 radical (unpaired) electrons. The Kier molecular flexibility index (Phi) is 4.67. The van der Waals surface area contributed by atoms with Crippen LogP contribution in [0.1, 0.15) is 17.2 Å². The van der Waals surface area contributed by atoms with Gasteiger partial charge in [0.2, 0.25) is 0 Å². The predicted molar refractivity (Wildman–Crippen MR) is 121 cm³/mol. The van der Waals surface area contributed by atoms with Crippen LogP contribution in [0.4, 0.5) is 5.69 Å². The molecule has 1 aliphatic heterocycles. The van der Waals surface area contributed by atoms with Crippen LogP contribution in [0, 0.1) is 0 Å². The Bertz CT molecular complexity index is 1400. The SMILES string of the molecule is O=C1C(=O)N(c2ccccc2O)C(c2cccnc2)/C1=C(/O)c1ccc2ccccc2c1. The zero-order chi connectivity index (χ0) is 22.2. The number of carbonyl (C=O) groups is 2. The van der Waals surface area contributed by atoms with E-state index in [4.69, 9.17) is 0 Å². The zero-order valence-corrected chi connectivity index (χ0v) is 16.8. The Hall–Kier alpha value is -4.45. The lowest BCUT2D eigenvalue weighted by atomic mass is 9.95. The van der Waals surface area contributed by atoms with Crippen molar-refractivity contribution in [3.05, 3.63) is 108 Å². The van der Waals surface area contributed by atoms with Gasteiger partial charge in [-0.05, 0) is 40.6 Å². The fourth-order valence-electron chi connectivity index (χ4n) is 4.09. The minimum absolute atomic E-state index is 0.0541. The molecule has 1 unspecified atom stereocenters. The molecule has 0 saturated carbocycles. The summed E-state index contributed by atoms with van der Waals surface area (Å²) in [6, 6.07) is 21.8. The second-order valence-electron chi connectivity index (χ2n) is 7.51. The fraction of sp³-hybridized carbons (Fsp3) is 0.0385. The minimum atomic E-state index is -0.941. The summed E-state index contributed by atoms with van der Waals surface area (Å²) in [4.78, 5) is 31.6. The van der Waals surface area contributed by atoms with Gasteiger partial charge in [-0.3, -0.25) is 19.5 Å². The first kappa shape index (κ1) is 19.5. The van der Waals surface area contributed by atoms with Gasteiger partial charge in [0.05, 0.1) is 17.3 Å². The molecule has 2 heterocycles. The normalized spacial score (nSPS) is 17.8. The van der Waals surface area contributed by atoms with E-state index in [9.17, 15) is 19.8 Å². The number of para-hydroxylation sites is 2. The molecule has 32 heavy (non-hydrogen) atoms. The lowest BCUT2D eigenvalue weighted by Gasteiger charge is -2.25. The molecule has 0 aliphatic carbocycles. The van der Waals surface area contributed by atoms with Gasteiger partial charge in [0.1, 0.15) is 11.5 Å².